The van der Waals surface area contributed by atoms with Crippen LogP contribution in [0.2, 0.25) is 0 Å². The Morgan fingerprint density at radius 1 is 0.330 bits per heavy atom. The number of hydrogen-bond acceptors (Lipinski definition) is 4. The zero-order valence-electron chi connectivity index (χ0n) is 58.4. The smallest absolute Gasteiger partial charge is 0.152 e. The number of aryl methyl sites for hydroxylation is 5. The number of nitrogens with zero attached hydrogens (tertiary/aromatic N) is 3. The molecule has 0 atom stereocenters. The van der Waals surface area contributed by atoms with E-state index in [1.165, 1.54) is 189 Å². The van der Waals surface area contributed by atoms with Crippen LogP contribution in [0.4, 0.5) is 51.2 Å². The number of benzene rings is 12. The number of fused-ring (bicyclic) bond motifs is 7. The van der Waals surface area contributed by atoms with E-state index < -0.39 is 0 Å². The molecule has 2 aliphatic rings. The lowest BCUT2D eigenvalue weighted by Crippen LogP contribution is -2.25. The van der Waals surface area contributed by atoms with Crippen molar-refractivity contribution in [2.75, 3.05) is 14.7 Å². The van der Waals surface area contributed by atoms with E-state index in [2.05, 4.69) is 306 Å². The van der Waals surface area contributed by atoms with E-state index >= 15 is 0 Å². The maximum absolute atomic E-state index is 6.98. The number of anilines is 9. The van der Waals surface area contributed by atoms with Gasteiger partial charge in [-0.3, -0.25) is 0 Å². The van der Waals surface area contributed by atoms with E-state index in [9.17, 15) is 0 Å². The van der Waals surface area contributed by atoms with Crippen molar-refractivity contribution in [3.05, 3.63) is 282 Å². The van der Waals surface area contributed by atoms with Gasteiger partial charge in [0, 0.05) is 55.4 Å². The van der Waals surface area contributed by atoms with Gasteiger partial charge in [0.15, 0.2) is 11.5 Å². The van der Waals surface area contributed by atoms with E-state index in [4.69, 9.17) is 4.74 Å². The van der Waals surface area contributed by atoms with Crippen molar-refractivity contribution in [1.82, 2.24) is 0 Å². The third kappa shape index (κ3) is 13.1. The molecule has 1 aliphatic carbocycles. The molecular formula is C93H95N3O. The third-order valence-electron chi connectivity index (χ3n) is 21.1. The van der Waals surface area contributed by atoms with Crippen molar-refractivity contribution in [1.29, 1.82) is 0 Å². The Morgan fingerprint density at radius 3 is 1.16 bits per heavy atom. The SMILES string of the molecule is CCCCCCCCC1(CCCCCCCC)c2cc(-c3ccc(N(c4ccc(C)cc4)c4c5ccccc5c(N(c5ccc(C)cc5)c5ccc(C)cc5)c5ccccc45)cc3)ccc2-c2ccc(-c3ccc4c(c3)Oc3cc(C)ccc3N4c3ccc(CCCC)cc3)cc21. The van der Waals surface area contributed by atoms with Crippen molar-refractivity contribution < 1.29 is 4.74 Å². The van der Waals surface area contributed by atoms with E-state index in [1.54, 1.807) is 0 Å². The van der Waals surface area contributed by atoms with E-state index in [0.29, 0.717) is 0 Å². The fraction of sp³-hybridized carbons (Fsp3) is 0.269. The van der Waals surface area contributed by atoms with Crippen LogP contribution in [0.25, 0.3) is 54.9 Å². The van der Waals surface area contributed by atoms with Crippen molar-refractivity contribution in [3.63, 3.8) is 0 Å². The lowest BCUT2D eigenvalue weighted by Gasteiger charge is -2.34. The fourth-order valence-electron chi connectivity index (χ4n) is 15.8. The topological polar surface area (TPSA) is 19.0 Å². The van der Waals surface area contributed by atoms with Gasteiger partial charge < -0.3 is 19.4 Å². The van der Waals surface area contributed by atoms with Crippen molar-refractivity contribution in [3.8, 4) is 44.9 Å². The molecule has 4 nitrogen and oxygen atoms in total. The average molecular weight is 1270 g/mol. The van der Waals surface area contributed by atoms with Crippen LogP contribution in [-0.2, 0) is 11.8 Å². The number of hydrogen-bond donors (Lipinski definition) is 0. The Kier molecular flexibility index (Phi) is 19.3. The molecule has 12 aromatic carbocycles. The first-order valence-corrected chi connectivity index (χ1v) is 36.6. The quantitative estimate of drug-likeness (QED) is 0.0306. The summed E-state index contributed by atoms with van der Waals surface area (Å²) < 4.78 is 6.98. The van der Waals surface area contributed by atoms with Gasteiger partial charge >= 0.3 is 0 Å². The second-order valence-corrected chi connectivity index (χ2v) is 28.0. The predicted molar refractivity (Wildman–Crippen MR) is 416 cm³/mol. The standard InChI is InChI=1S/C93H95N3O/c1-8-11-14-16-18-24-59-93(60-25-19-17-15-12-9-2)85-62-71(42-55-79(85)80-56-43-72(63-86(80)93)73-44-58-88-90(64-73)97-89-61-68(7)37-57-87(89)96(88)78-51-38-69(39-52-78)26-13-10-3)70-40-53-77(54-41-70)95(76-49-35-67(6)36-50-76)92-83-29-22-20-27-81(83)91(82-28-21-23-30-84(82)92)94(74-45-31-65(4)32-46-74)75-47-33-66(5)34-48-75/h20-23,27-58,61-64H,8-19,24-26,59-60H2,1-7H3. The normalized spacial score (nSPS) is 12.7. The molecule has 4 heteroatoms. The second kappa shape index (κ2) is 29.0. The number of rotatable bonds is 26. The molecule has 0 spiro atoms. The summed E-state index contributed by atoms with van der Waals surface area (Å²) in [5.74, 6) is 1.78. The largest absolute Gasteiger partial charge is 0.453 e. The lowest BCUT2D eigenvalue weighted by molar-refractivity contribution is 0.398. The van der Waals surface area contributed by atoms with Crippen LogP contribution in [-0.4, -0.2) is 0 Å². The van der Waals surface area contributed by atoms with Crippen LogP contribution in [0, 0.1) is 27.7 Å². The summed E-state index contributed by atoms with van der Waals surface area (Å²) in [7, 11) is 0. The average Bonchev–Trinajstić information content (AvgIpc) is 1.72. The third-order valence-corrected chi connectivity index (χ3v) is 21.1. The molecule has 0 radical (unpaired) electrons. The molecule has 0 saturated carbocycles. The minimum absolute atomic E-state index is 0.140. The highest BCUT2D eigenvalue weighted by atomic mass is 16.5. The molecule has 0 aromatic heterocycles. The number of ether oxygens (including phenoxy) is 1. The molecule has 12 aromatic rings. The van der Waals surface area contributed by atoms with E-state index in [1.807, 2.05) is 0 Å². The first kappa shape index (κ1) is 64.7. The van der Waals surface area contributed by atoms with Crippen molar-refractivity contribution in [2.24, 2.45) is 0 Å². The lowest BCUT2D eigenvalue weighted by atomic mass is 9.70. The molecule has 14 rings (SSSR count). The van der Waals surface area contributed by atoms with Crippen LogP contribution >= 0.6 is 0 Å². The molecule has 1 heterocycles. The zero-order chi connectivity index (χ0) is 66.4. The van der Waals surface area contributed by atoms with Crippen LogP contribution in [0.3, 0.4) is 0 Å². The molecule has 0 unspecified atom stereocenters. The van der Waals surface area contributed by atoms with Gasteiger partial charge in [0.1, 0.15) is 0 Å². The monoisotopic (exact) mass is 1270 g/mol. The van der Waals surface area contributed by atoms with Crippen molar-refractivity contribution in [2.45, 2.75) is 163 Å². The number of unbranched alkanes of at least 4 members (excludes halogenated alkanes) is 11. The first-order valence-electron chi connectivity index (χ1n) is 36.6. The molecule has 0 bridgehead atoms. The van der Waals surface area contributed by atoms with E-state index in [0.717, 1.165) is 76.3 Å². The van der Waals surface area contributed by atoms with Gasteiger partial charge in [-0.1, -0.05) is 267 Å². The molecule has 0 saturated heterocycles. The Labute approximate surface area is 578 Å². The van der Waals surface area contributed by atoms with Gasteiger partial charge in [0.05, 0.1) is 22.7 Å². The zero-order valence-corrected chi connectivity index (χ0v) is 58.4. The van der Waals surface area contributed by atoms with E-state index in [-0.39, 0.29) is 5.41 Å². The summed E-state index contributed by atoms with van der Waals surface area (Å²) in [4.78, 5) is 7.38. The molecule has 488 valence electrons. The van der Waals surface area contributed by atoms with Crippen LogP contribution in [0.1, 0.15) is 162 Å². The second-order valence-electron chi connectivity index (χ2n) is 28.0. The van der Waals surface area contributed by atoms with Gasteiger partial charge in [-0.25, -0.2) is 0 Å². The summed E-state index contributed by atoms with van der Waals surface area (Å²) in [6, 6.07) is 92.5. The molecule has 0 amide bonds. The predicted octanol–water partition coefficient (Wildman–Crippen LogP) is 28.2. The highest BCUT2D eigenvalue weighted by Gasteiger charge is 2.43. The van der Waals surface area contributed by atoms with Gasteiger partial charge in [-0.05, 0) is 206 Å². The van der Waals surface area contributed by atoms with Gasteiger partial charge in [-0.2, -0.15) is 0 Å². The van der Waals surface area contributed by atoms with Gasteiger partial charge in [-0.15, -0.1) is 0 Å². The molecule has 0 fully saturated rings. The Hall–Kier alpha value is -9.64. The van der Waals surface area contributed by atoms with Crippen LogP contribution in [0.5, 0.6) is 11.5 Å². The highest BCUT2D eigenvalue weighted by Crippen LogP contribution is 2.58. The highest BCUT2D eigenvalue weighted by molar-refractivity contribution is 6.23. The Balaban J connectivity index is 0.866. The molecule has 0 N–H and O–H groups in total. The van der Waals surface area contributed by atoms with Gasteiger partial charge in [0.2, 0.25) is 0 Å². The Bertz CT molecular complexity index is 4600. The minimum Gasteiger partial charge on any atom is -0.453 e. The summed E-state index contributed by atoms with van der Waals surface area (Å²) >= 11 is 0. The summed E-state index contributed by atoms with van der Waals surface area (Å²) in [6.45, 7) is 15.6. The minimum atomic E-state index is -0.140. The maximum Gasteiger partial charge on any atom is 0.152 e. The summed E-state index contributed by atoms with van der Waals surface area (Å²) in [5, 5.41) is 4.74. The summed E-state index contributed by atoms with van der Waals surface area (Å²) in [6.07, 6.45) is 21.0. The van der Waals surface area contributed by atoms with Gasteiger partial charge in [0.25, 0.3) is 0 Å². The molecule has 1 aliphatic heterocycles. The van der Waals surface area contributed by atoms with Crippen molar-refractivity contribution >= 4 is 72.7 Å². The van der Waals surface area contributed by atoms with Crippen LogP contribution < -0.4 is 19.4 Å². The van der Waals surface area contributed by atoms with Crippen LogP contribution in [0.15, 0.2) is 243 Å². The Morgan fingerprint density at radius 2 is 0.701 bits per heavy atom. The molecule has 97 heavy (non-hydrogen) atoms. The maximum atomic E-state index is 6.98. The first-order chi connectivity index (χ1) is 47.6. The summed E-state index contributed by atoms with van der Waals surface area (Å²) in [5.41, 5.74) is 26.9. The fourth-order valence-corrected chi connectivity index (χ4v) is 15.8. The molecular weight excluding hydrogens is 1180 g/mol.